The Balaban J connectivity index is 1.50. The van der Waals surface area contributed by atoms with E-state index in [0.29, 0.717) is 54.3 Å². The highest BCUT2D eigenvalue weighted by Gasteiger charge is 2.50. The van der Waals surface area contributed by atoms with Crippen molar-refractivity contribution in [2.75, 3.05) is 6.61 Å². The van der Waals surface area contributed by atoms with E-state index in [1.165, 1.54) is 63.9 Å². The predicted molar refractivity (Wildman–Crippen MR) is 184 cm³/mol. The molecule has 1 saturated heterocycles. The maximum Gasteiger partial charge on any atom is 0.306 e. The van der Waals surface area contributed by atoms with Crippen LogP contribution in [0.3, 0.4) is 0 Å². The molecule has 1 aliphatic heterocycles. The molecule has 0 amide bonds. The molecule has 1 N–H and O–H groups in total. The van der Waals surface area contributed by atoms with Gasteiger partial charge in [-0.3, -0.25) is 14.6 Å². The van der Waals surface area contributed by atoms with Gasteiger partial charge in [-0.05, 0) is 37.3 Å². The second kappa shape index (κ2) is 21.2. The maximum atomic E-state index is 14.5. The van der Waals surface area contributed by atoms with E-state index in [1.807, 2.05) is 0 Å². The summed E-state index contributed by atoms with van der Waals surface area (Å²) in [5.41, 5.74) is 0.262. The first-order chi connectivity index (χ1) is 22.9. The Morgan fingerprint density at radius 1 is 0.936 bits per heavy atom. The van der Waals surface area contributed by atoms with Crippen LogP contribution in [0.5, 0.6) is 0 Å². The zero-order valence-electron chi connectivity index (χ0n) is 28.9. The average Bonchev–Trinajstić information content (AvgIpc) is 3.43. The maximum absolute atomic E-state index is 14.5. The summed E-state index contributed by atoms with van der Waals surface area (Å²) in [6, 6.07) is 3.11. The second-order valence-electron chi connectivity index (χ2n) is 13.2. The van der Waals surface area contributed by atoms with Crippen LogP contribution in [0.1, 0.15) is 160 Å². The molecule has 8 heteroatoms. The monoisotopic (exact) mass is 652 g/mol. The molecule has 0 radical (unpaired) electrons. The molecule has 47 heavy (non-hydrogen) atoms. The van der Waals surface area contributed by atoms with Gasteiger partial charge in [0.2, 0.25) is 5.95 Å². The Hall–Kier alpha value is -2.89. The molecule has 0 aromatic carbocycles. The third kappa shape index (κ3) is 12.6. The highest BCUT2D eigenvalue weighted by Crippen LogP contribution is 2.42. The average molecular weight is 653 g/mol. The fourth-order valence-corrected chi connectivity index (χ4v) is 6.44. The van der Waals surface area contributed by atoms with Crippen molar-refractivity contribution in [2.24, 2.45) is 0 Å². The number of fused-ring (bicyclic) bond motifs is 1. The van der Waals surface area contributed by atoms with E-state index in [2.05, 4.69) is 29.7 Å². The number of rotatable bonds is 24. The highest BCUT2D eigenvalue weighted by molar-refractivity contribution is 5.81. The zero-order chi connectivity index (χ0) is 33.9. The number of aliphatic hydroxyl groups is 1. The Morgan fingerprint density at radius 2 is 1.53 bits per heavy atom. The number of nitrogens with zero attached hydrogens (tertiary/aromatic N) is 2. The van der Waals surface area contributed by atoms with Crippen LogP contribution in [0.25, 0.3) is 10.9 Å². The number of hydrogen-bond donors (Lipinski definition) is 1. The fourth-order valence-electron chi connectivity index (χ4n) is 6.44. The third-order valence-electron chi connectivity index (χ3n) is 9.32. The molecule has 1 fully saturated rings. The summed E-state index contributed by atoms with van der Waals surface area (Å²) < 4.78 is 26.5. The van der Waals surface area contributed by atoms with Gasteiger partial charge in [0, 0.05) is 43.3 Å². The number of ketones is 1. The normalized spacial score (nSPS) is 19.2. The van der Waals surface area contributed by atoms with Crippen molar-refractivity contribution in [3.05, 3.63) is 35.5 Å². The topological polar surface area (TPSA) is 98.6 Å². The molecule has 2 aromatic rings. The summed E-state index contributed by atoms with van der Waals surface area (Å²) in [4.78, 5) is 33.6. The van der Waals surface area contributed by atoms with Crippen LogP contribution >= 0.6 is 0 Å². The second-order valence-corrected chi connectivity index (χ2v) is 13.2. The van der Waals surface area contributed by atoms with E-state index in [0.717, 1.165) is 38.5 Å². The number of terminal acetylenes is 1. The van der Waals surface area contributed by atoms with Crippen LogP contribution < -0.4 is 0 Å². The number of carbonyl (C=O) groups excluding carboxylic acids is 2. The first-order valence-electron chi connectivity index (χ1n) is 18.3. The number of Topliss-reactive ketones (excluding diaryl/α,β-unsaturated/α-hetero) is 1. The molecule has 7 nitrogen and oxygen atoms in total. The lowest BCUT2D eigenvalue weighted by molar-refractivity contribution is -0.158. The first-order valence-corrected chi connectivity index (χ1v) is 18.3. The number of pyridine rings is 2. The molecule has 3 heterocycles. The predicted octanol–water partition coefficient (Wildman–Crippen LogP) is 9.07. The number of unbranched alkanes of at least 4 members (excludes halogenated alkanes) is 13. The Bertz CT molecular complexity index is 1290. The summed E-state index contributed by atoms with van der Waals surface area (Å²) in [6.07, 6.45) is 26.2. The molecule has 1 aliphatic rings. The van der Waals surface area contributed by atoms with Crippen molar-refractivity contribution in [1.29, 1.82) is 0 Å². The minimum absolute atomic E-state index is 0.220. The van der Waals surface area contributed by atoms with Gasteiger partial charge >= 0.3 is 5.97 Å². The van der Waals surface area contributed by atoms with Crippen LogP contribution in [-0.2, 0) is 25.5 Å². The van der Waals surface area contributed by atoms with Gasteiger partial charge in [0.05, 0.1) is 23.9 Å². The Morgan fingerprint density at radius 3 is 2.17 bits per heavy atom. The molecule has 260 valence electrons. The minimum Gasteiger partial charge on any atom is -0.458 e. The number of hydrogen-bond acceptors (Lipinski definition) is 7. The number of aryl methyl sites for hydroxylation is 1. The van der Waals surface area contributed by atoms with Crippen molar-refractivity contribution < 1.29 is 28.6 Å². The number of aliphatic hydroxyl groups excluding tert-OH is 1. The lowest BCUT2D eigenvalue weighted by atomic mass is 9.96. The summed E-state index contributed by atoms with van der Waals surface area (Å²) in [7, 11) is 0. The van der Waals surface area contributed by atoms with Gasteiger partial charge in [0.25, 0.3) is 0 Å². The first kappa shape index (κ1) is 38.6. The number of ether oxygens (including phenoxy) is 2. The summed E-state index contributed by atoms with van der Waals surface area (Å²) in [5, 5.41) is 10.8. The van der Waals surface area contributed by atoms with Crippen molar-refractivity contribution in [3.8, 4) is 12.3 Å². The van der Waals surface area contributed by atoms with Crippen molar-refractivity contribution in [1.82, 2.24) is 9.97 Å². The van der Waals surface area contributed by atoms with Crippen molar-refractivity contribution in [3.63, 3.8) is 0 Å². The SMILES string of the molecule is C#CC1(CO)O[C@@H](c2cnc3c(CCCC(=O)CCCCC)nc(F)cc3c2)C[C@@H]1OC(=O)CCCCCCCCCCCCCC. The fraction of sp³-hybridized carbons (Fsp3) is 0.692. The van der Waals surface area contributed by atoms with E-state index in [1.54, 1.807) is 12.3 Å². The van der Waals surface area contributed by atoms with E-state index in [9.17, 15) is 19.1 Å². The molecule has 1 unspecified atom stereocenters. The van der Waals surface area contributed by atoms with Crippen LogP contribution in [0.15, 0.2) is 18.3 Å². The Kier molecular flexibility index (Phi) is 17.4. The van der Waals surface area contributed by atoms with E-state index in [-0.39, 0.29) is 18.2 Å². The van der Waals surface area contributed by atoms with Gasteiger partial charge in [0.15, 0.2) is 5.60 Å². The van der Waals surface area contributed by atoms with Crippen LogP contribution in [0.4, 0.5) is 4.39 Å². The smallest absolute Gasteiger partial charge is 0.306 e. The number of halogens is 1. The largest absolute Gasteiger partial charge is 0.458 e. The van der Waals surface area contributed by atoms with Gasteiger partial charge < -0.3 is 14.6 Å². The molecular weight excluding hydrogens is 595 g/mol. The van der Waals surface area contributed by atoms with Crippen molar-refractivity contribution in [2.45, 2.75) is 166 Å². The highest BCUT2D eigenvalue weighted by atomic mass is 19.1. The molecule has 0 aliphatic carbocycles. The molecule has 0 bridgehead atoms. The van der Waals surface area contributed by atoms with Crippen LogP contribution in [0, 0.1) is 18.3 Å². The van der Waals surface area contributed by atoms with E-state index >= 15 is 0 Å². The quantitative estimate of drug-likeness (QED) is 0.0523. The zero-order valence-corrected chi connectivity index (χ0v) is 28.9. The molecular formula is C39H57FN2O5. The third-order valence-corrected chi connectivity index (χ3v) is 9.32. The number of aromatic nitrogens is 2. The lowest BCUT2D eigenvalue weighted by Crippen LogP contribution is -2.44. The molecule has 0 spiro atoms. The molecule has 0 saturated carbocycles. The standard InChI is InChI=1S/C39H57FN2O5/c1-4-7-9-10-11-12-13-14-15-16-17-19-24-37(45)46-35-27-34(47-39(35,6-3)29-43)31-25-30-26-36(40)42-33(38(30)41-28-31)23-20-22-32(44)21-18-8-5-2/h3,25-26,28,34-35,43H,4-5,7-24,27,29H2,1-2H3/t34-,35+,39?/m1/s1. The van der Waals surface area contributed by atoms with E-state index < -0.39 is 30.4 Å². The summed E-state index contributed by atoms with van der Waals surface area (Å²) in [6.45, 7) is 3.85. The molecule has 3 atom stereocenters. The van der Waals surface area contributed by atoms with Crippen molar-refractivity contribution >= 4 is 22.7 Å². The van der Waals surface area contributed by atoms with Gasteiger partial charge in [-0.1, -0.05) is 103 Å². The van der Waals surface area contributed by atoms with Gasteiger partial charge in [0.1, 0.15) is 11.9 Å². The Labute approximate surface area is 281 Å². The van der Waals surface area contributed by atoms with Gasteiger partial charge in [-0.25, -0.2) is 4.98 Å². The number of esters is 1. The lowest BCUT2D eigenvalue weighted by Gasteiger charge is -2.27. The van der Waals surface area contributed by atoms with Gasteiger partial charge in [-0.2, -0.15) is 4.39 Å². The van der Waals surface area contributed by atoms with Crippen LogP contribution in [0.2, 0.25) is 0 Å². The van der Waals surface area contributed by atoms with Gasteiger partial charge in [-0.15, -0.1) is 6.42 Å². The summed E-state index contributed by atoms with van der Waals surface area (Å²) in [5.74, 6) is 1.78. The van der Waals surface area contributed by atoms with Crippen LogP contribution in [-0.4, -0.2) is 45.1 Å². The minimum atomic E-state index is -1.47. The molecule has 3 rings (SSSR count). The van der Waals surface area contributed by atoms with E-state index in [4.69, 9.17) is 15.9 Å². The number of carbonyl (C=O) groups is 2. The summed E-state index contributed by atoms with van der Waals surface area (Å²) >= 11 is 0. The molecule has 2 aromatic heterocycles.